The normalized spacial score (nSPS) is 17.3. The lowest BCUT2D eigenvalue weighted by Crippen LogP contribution is -2.40. The Hall–Kier alpha value is -4.44. The smallest absolute Gasteiger partial charge is 0.261 e. The molecule has 2 aliphatic rings. The van der Waals surface area contributed by atoms with Crippen LogP contribution < -0.4 is 14.4 Å². The topological polar surface area (TPSA) is 87.5 Å². The van der Waals surface area contributed by atoms with Gasteiger partial charge in [-0.25, -0.2) is 13.8 Å². The maximum atomic E-state index is 14.5. The van der Waals surface area contributed by atoms with E-state index in [0.717, 1.165) is 6.07 Å². The van der Waals surface area contributed by atoms with Crippen LogP contribution in [-0.4, -0.2) is 54.0 Å². The van der Waals surface area contributed by atoms with Gasteiger partial charge in [0.15, 0.2) is 0 Å². The first-order valence-corrected chi connectivity index (χ1v) is 12.7. The van der Waals surface area contributed by atoms with Crippen LogP contribution in [0.15, 0.2) is 83.6 Å². The van der Waals surface area contributed by atoms with Crippen molar-refractivity contribution in [1.29, 1.82) is 0 Å². The van der Waals surface area contributed by atoms with E-state index >= 15 is 0 Å². The van der Waals surface area contributed by atoms with E-state index in [0.29, 0.717) is 34.1 Å². The van der Waals surface area contributed by atoms with E-state index in [2.05, 4.69) is 16.6 Å². The van der Waals surface area contributed by atoms with Gasteiger partial charge in [0.05, 0.1) is 24.9 Å². The number of hydrogen-bond acceptors (Lipinski definition) is 7. The number of anilines is 1. The summed E-state index contributed by atoms with van der Waals surface area (Å²) in [6, 6.07) is 10.1. The van der Waals surface area contributed by atoms with E-state index in [9.17, 15) is 18.7 Å². The first-order valence-electron chi connectivity index (χ1n) is 12.3. The van der Waals surface area contributed by atoms with Crippen molar-refractivity contribution in [3.63, 3.8) is 0 Å². The minimum atomic E-state index is -0.670. The number of para-hydroxylation sites is 1. The lowest BCUT2D eigenvalue weighted by molar-refractivity contribution is -0.126. The molecule has 1 aromatic heterocycles. The second-order valence-electron chi connectivity index (χ2n) is 9.22. The predicted octanol–water partition coefficient (Wildman–Crippen LogP) is 5.60. The third kappa shape index (κ3) is 4.86. The SMILES string of the molecule is C=C1N=C(c2cncc(Cl)c2)N(c2c(OC)cccc2OC)C(O)=C1C(=O)N1CCC(c2ccc(F)cc2F)C1. The summed E-state index contributed by atoms with van der Waals surface area (Å²) in [7, 11) is 2.93. The summed E-state index contributed by atoms with van der Waals surface area (Å²) in [5.74, 6) is -1.83. The fourth-order valence-corrected chi connectivity index (χ4v) is 5.15. The minimum Gasteiger partial charge on any atom is -0.494 e. The highest BCUT2D eigenvalue weighted by Gasteiger charge is 2.39. The third-order valence-electron chi connectivity index (χ3n) is 6.86. The quantitative estimate of drug-likeness (QED) is 0.418. The van der Waals surface area contributed by atoms with Crippen LogP contribution in [0, 0.1) is 11.6 Å². The molecule has 1 amide bonds. The van der Waals surface area contributed by atoms with Gasteiger partial charge in [-0.2, -0.15) is 0 Å². The molecule has 1 fully saturated rings. The van der Waals surface area contributed by atoms with Crippen LogP contribution in [0.25, 0.3) is 0 Å². The molecule has 206 valence electrons. The summed E-state index contributed by atoms with van der Waals surface area (Å²) in [5.41, 5.74) is 0.916. The summed E-state index contributed by atoms with van der Waals surface area (Å²) in [6.07, 6.45) is 3.42. The molecule has 2 aromatic carbocycles. The van der Waals surface area contributed by atoms with Gasteiger partial charge in [-0.15, -0.1) is 0 Å². The molecule has 40 heavy (non-hydrogen) atoms. The van der Waals surface area contributed by atoms with Gasteiger partial charge >= 0.3 is 0 Å². The number of carbonyl (C=O) groups excluding carboxylic acids is 1. The maximum Gasteiger partial charge on any atom is 0.261 e. The number of amides is 1. The summed E-state index contributed by atoms with van der Waals surface area (Å²) in [4.78, 5) is 25.4. The van der Waals surface area contributed by atoms with Crippen LogP contribution in [0.4, 0.5) is 14.5 Å². The monoisotopic (exact) mass is 566 g/mol. The third-order valence-corrected chi connectivity index (χ3v) is 7.06. The molecule has 0 saturated carbocycles. The van der Waals surface area contributed by atoms with Crippen LogP contribution in [-0.2, 0) is 4.79 Å². The molecule has 0 bridgehead atoms. The highest BCUT2D eigenvalue weighted by Crippen LogP contribution is 2.43. The number of aliphatic hydroxyl groups is 1. The Morgan fingerprint density at radius 2 is 1.85 bits per heavy atom. The van der Waals surface area contributed by atoms with Gasteiger partial charge in [-0.05, 0) is 36.2 Å². The van der Waals surface area contributed by atoms with Gasteiger partial charge in [-0.3, -0.25) is 14.7 Å². The van der Waals surface area contributed by atoms with Gasteiger partial charge < -0.3 is 19.5 Å². The fraction of sp³-hybridized carbons (Fsp3) is 0.207. The van der Waals surface area contributed by atoms with Gasteiger partial charge in [0.1, 0.15) is 40.2 Å². The first-order chi connectivity index (χ1) is 19.2. The van der Waals surface area contributed by atoms with Crippen LogP contribution in [0.5, 0.6) is 11.5 Å². The van der Waals surface area contributed by atoms with E-state index in [1.165, 1.54) is 48.5 Å². The summed E-state index contributed by atoms with van der Waals surface area (Å²) >= 11 is 6.21. The zero-order valence-electron chi connectivity index (χ0n) is 21.7. The second-order valence-corrected chi connectivity index (χ2v) is 9.66. The maximum absolute atomic E-state index is 14.5. The molecule has 3 aromatic rings. The molecule has 1 N–H and O–H groups in total. The Balaban J connectivity index is 1.58. The number of aliphatic hydroxyl groups excluding tert-OH is 1. The van der Waals surface area contributed by atoms with E-state index in [1.54, 1.807) is 24.3 Å². The van der Waals surface area contributed by atoms with E-state index in [4.69, 9.17) is 21.1 Å². The zero-order valence-corrected chi connectivity index (χ0v) is 22.5. The van der Waals surface area contributed by atoms with E-state index in [1.807, 2.05) is 0 Å². The standard InChI is InChI=1S/C29H25ClF2N4O4/c1-16-25(28(37)35-10-9-17(15-35)21-8-7-20(31)12-22(21)32)29(38)36(26-23(39-2)5-4-6-24(26)40-3)27(34-16)18-11-19(30)14-33-13-18/h4-8,11-14,17,38H,1,9-10,15H2,2-3H3. The number of rotatable bonds is 6. The molecule has 0 radical (unpaired) electrons. The van der Waals surface area contributed by atoms with Gasteiger partial charge in [0.25, 0.3) is 5.91 Å². The number of likely N-dealkylation sites (tertiary alicyclic amines) is 1. The molecule has 5 rings (SSSR count). The molecular weight excluding hydrogens is 542 g/mol. The van der Waals surface area contributed by atoms with Gasteiger partial charge in [0, 0.05) is 43.0 Å². The Bertz CT molecular complexity index is 1550. The number of aliphatic imine (C=N–C) groups is 1. The molecule has 0 spiro atoms. The van der Waals surface area contributed by atoms with Crippen molar-refractivity contribution in [2.75, 3.05) is 32.2 Å². The fourth-order valence-electron chi connectivity index (χ4n) is 4.97. The van der Waals surface area contributed by atoms with Gasteiger partial charge in [-0.1, -0.05) is 30.3 Å². The number of benzene rings is 2. The minimum absolute atomic E-state index is 0.0130. The van der Waals surface area contributed by atoms with Crippen LogP contribution in [0.2, 0.25) is 5.02 Å². The Labute approximate surface area is 234 Å². The molecular formula is C29H25ClF2N4O4. The number of pyridine rings is 1. The number of nitrogens with zero attached hydrogens (tertiary/aromatic N) is 4. The van der Waals surface area contributed by atoms with Gasteiger partial charge in [0.2, 0.25) is 5.88 Å². The van der Waals surface area contributed by atoms with E-state index < -0.39 is 23.4 Å². The molecule has 8 nitrogen and oxygen atoms in total. The van der Waals surface area contributed by atoms with Crippen LogP contribution >= 0.6 is 11.6 Å². The van der Waals surface area contributed by atoms with Crippen molar-refractivity contribution < 1.29 is 28.2 Å². The average Bonchev–Trinajstić information content (AvgIpc) is 3.42. The second kappa shape index (κ2) is 11.0. The number of amidine groups is 1. The van der Waals surface area contributed by atoms with E-state index in [-0.39, 0.29) is 41.8 Å². The molecule has 2 aliphatic heterocycles. The van der Waals surface area contributed by atoms with Crippen molar-refractivity contribution in [2.45, 2.75) is 12.3 Å². The van der Waals surface area contributed by atoms with Crippen molar-refractivity contribution in [3.05, 3.63) is 106 Å². The molecule has 11 heteroatoms. The number of hydrogen-bond donors (Lipinski definition) is 1. The number of methoxy groups -OCH3 is 2. The molecule has 3 heterocycles. The summed E-state index contributed by atoms with van der Waals surface area (Å²) in [6.45, 7) is 4.41. The summed E-state index contributed by atoms with van der Waals surface area (Å²) < 4.78 is 39.0. The average molecular weight is 567 g/mol. The number of halogens is 3. The molecule has 1 atom stereocenters. The number of carbonyl (C=O) groups is 1. The Kier molecular flexibility index (Phi) is 7.44. The zero-order chi connectivity index (χ0) is 28.6. The van der Waals surface area contributed by atoms with Crippen molar-refractivity contribution >= 4 is 29.0 Å². The van der Waals surface area contributed by atoms with Crippen LogP contribution in [0.1, 0.15) is 23.5 Å². The Morgan fingerprint density at radius 3 is 2.50 bits per heavy atom. The molecule has 1 unspecified atom stereocenters. The highest BCUT2D eigenvalue weighted by molar-refractivity contribution is 6.31. The van der Waals surface area contributed by atoms with Crippen LogP contribution in [0.3, 0.4) is 0 Å². The lowest BCUT2D eigenvalue weighted by Gasteiger charge is -2.33. The van der Waals surface area contributed by atoms with Crippen molar-refractivity contribution in [3.8, 4) is 11.5 Å². The Morgan fingerprint density at radius 1 is 1.12 bits per heavy atom. The summed E-state index contributed by atoms with van der Waals surface area (Å²) in [5, 5.41) is 12.1. The first kappa shape index (κ1) is 27.1. The molecule has 0 aliphatic carbocycles. The molecule has 1 saturated heterocycles. The largest absolute Gasteiger partial charge is 0.494 e. The van der Waals surface area contributed by atoms with Crippen molar-refractivity contribution in [2.24, 2.45) is 4.99 Å². The number of aromatic nitrogens is 1. The number of ether oxygens (including phenoxy) is 2. The van der Waals surface area contributed by atoms with Crippen molar-refractivity contribution in [1.82, 2.24) is 9.88 Å². The highest BCUT2D eigenvalue weighted by atomic mass is 35.5. The lowest BCUT2D eigenvalue weighted by atomic mass is 9.98. The predicted molar refractivity (Wildman–Crippen MR) is 147 cm³/mol.